The zero-order valence-electron chi connectivity index (χ0n) is 11.8. The molecule has 2 N–H and O–H groups in total. The van der Waals surface area contributed by atoms with Crippen LogP contribution in [0, 0.1) is 5.92 Å². The van der Waals surface area contributed by atoms with E-state index in [9.17, 15) is 18.0 Å². The predicted octanol–water partition coefficient (Wildman–Crippen LogP) is 3.59. The van der Waals surface area contributed by atoms with E-state index in [2.05, 4.69) is 10.6 Å². The number of nitrogens with one attached hydrogen (secondary N) is 2. The number of hydrogen-bond donors (Lipinski definition) is 2. The van der Waals surface area contributed by atoms with Gasteiger partial charge in [-0.25, -0.2) is 4.79 Å². The number of halogens is 5. The molecule has 1 saturated heterocycles. The Hall–Kier alpha value is -1.14. The summed E-state index contributed by atoms with van der Waals surface area (Å²) in [6.07, 6.45) is -3.44. The summed E-state index contributed by atoms with van der Waals surface area (Å²) in [4.78, 5) is 11.5. The van der Waals surface area contributed by atoms with E-state index in [0.29, 0.717) is 18.4 Å². The minimum atomic E-state index is -4.42. The fraction of sp³-hybridized carbons (Fsp3) is 0.533. The summed E-state index contributed by atoms with van der Waals surface area (Å²) in [6, 6.07) is 4.67. The van der Waals surface area contributed by atoms with E-state index in [1.54, 1.807) is 6.07 Å². The van der Waals surface area contributed by atoms with Gasteiger partial charge in [-0.1, -0.05) is 18.2 Å². The van der Waals surface area contributed by atoms with Gasteiger partial charge in [0.1, 0.15) is 4.33 Å². The summed E-state index contributed by atoms with van der Waals surface area (Å²) < 4.78 is 37.9. The third-order valence-electron chi connectivity index (χ3n) is 5.40. The van der Waals surface area contributed by atoms with Gasteiger partial charge in [-0.2, -0.15) is 13.2 Å². The molecule has 0 bridgehead atoms. The van der Waals surface area contributed by atoms with Crippen LogP contribution in [0.4, 0.5) is 18.0 Å². The second-order valence-electron chi connectivity index (χ2n) is 6.50. The molecule has 1 aromatic rings. The molecule has 4 atom stereocenters. The molecule has 23 heavy (non-hydrogen) atoms. The van der Waals surface area contributed by atoms with Crippen LogP contribution in [0.15, 0.2) is 24.3 Å². The van der Waals surface area contributed by atoms with Gasteiger partial charge in [-0.15, -0.1) is 23.2 Å². The first-order chi connectivity index (χ1) is 10.7. The van der Waals surface area contributed by atoms with Crippen molar-refractivity contribution >= 4 is 29.2 Å². The van der Waals surface area contributed by atoms with Gasteiger partial charge < -0.3 is 10.6 Å². The first kappa shape index (κ1) is 15.4. The fourth-order valence-electron chi connectivity index (χ4n) is 4.24. The molecule has 3 aliphatic rings. The van der Waals surface area contributed by atoms with Gasteiger partial charge in [-0.3, -0.25) is 0 Å². The van der Waals surface area contributed by atoms with Gasteiger partial charge >= 0.3 is 12.2 Å². The largest absolute Gasteiger partial charge is 0.416 e. The Kier molecular flexibility index (Phi) is 3.00. The van der Waals surface area contributed by atoms with E-state index >= 15 is 0 Å². The Morgan fingerprint density at radius 1 is 1.17 bits per heavy atom. The minimum absolute atomic E-state index is 0.0780. The Labute approximate surface area is 140 Å². The van der Waals surface area contributed by atoms with E-state index < -0.39 is 21.5 Å². The lowest BCUT2D eigenvalue weighted by molar-refractivity contribution is -0.137. The molecular weight excluding hydrogens is 352 g/mol. The maximum absolute atomic E-state index is 13.0. The molecule has 1 aromatic carbocycles. The van der Waals surface area contributed by atoms with Crippen LogP contribution in [-0.4, -0.2) is 22.4 Å². The Morgan fingerprint density at radius 2 is 1.87 bits per heavy atom. The molecule has 2 aliphatic carbocycles. The van der Waals surface area contributed by atoms with Gasteiger partial charge in [0.25, 0.3) is 0 Å². The monoisotopic (exact) mass is 364 g/mol. The lowest BCUT2D eigenvalue weighted by Gasteiger charge is -2.30. The Bertz CT molecular complexity index is 694. The van der Waals surface area contributed by atoms with Crippen molar-refractivity contribution in [1.82, 2.24) is 10.6 Å². The van der Waals surface area contributed by atoms with E-state index in [4.69, 9.17) is 23.2 Å². The number of hydrogen-bond acceptors (Lipinski definition) is 1. The van der Waals surface area contributed by atoms with Crippen LogP contribution in [0.25, 0.3) is 0 Å². The SMILES string of the molecule is O=C1N[C@H]2C[C@H]3C(Cl)(Cl)[C@@]3(c3cccc(C(F)(F)F)c3)C[C@@H]2N1. The highest BCUT2D eigenvalue weighted by molar-refractivity contribution is 6.52. The maximum Gasteiger partial charge on any atom is 0.416 e. The maximum atomic E-state index is 13.0. The van der Waals surface area contributed by atoms with Crippen molar-refractivity contribution in [2.75, 3.05) is 0 Å². The number of amides is 2. The van der Waals surface area contributed by atoms with Gasteiger partial charge in [0.05, 0.1) is 17.6 Å². The van der Waals surface area contributed by atoms with Crippen LogP contribution in [0.1, 0.15) is 24.0 Å². The summed E-state index contributed by atoms with van der Waals surface area (Å²) in [6.45, 7) is 0. The van der Waals surface area contributed by atoms with Crippen molar-refractivity contribution in [2.24, 2.45) is 5.92 Å². The number of benzene rings is 1. The third-order valence-corrected chi connectivity index (χ3v) is 6.60. The van der Waals surface area contributed by atoms with Gasteiger partial charge in [0, 0.05) is 11.3 Å². The molecule has 0 unspecified atom stereocenters. The summed E-state index contributed by atoms with van der Waals surface area (Å²) in [5.74, 6) is -0.178. The third kappa shape index (κ3) is 2.00. The number of urea groups is 1. The molecule has 1 aliphatic heterocycles. The zero-order valence-corrected chi connectivity index (χ0v) is 13.3. The molecule has 3 nitrogen and oxygen atoms in total. The number of fused-ring (bicyclic) bond motifs is 2. The number of rotatable bonds is 1. The average Bonchev–Trinajstić information content (AvgIpc) is 2.76. The molecule has 2 saturated carbocycles. The van der Waals surface area contributed by atoms with Crippen molar-refractivity contribution in [3.8, 4) is 0 Å². The smallest absolute Gasteiger partial charge is 0.333 e. The van der Waals surface area contributed by atoms with Crippen molar-refractivity contribution < 1.29 is 18.0 Å². The second kappa shape index (κ2) is 4.48. The van der Waals surface area contributed by atoms with Crippen LogP contribution in [0.3, 0.4) is 0 Å². The highest BCUT2D eigenvalue weighted by Gasteiger charge is 2.79. The van der Waals surface area contributed by atoms with Crippen molar-refractivity contribution in [2.45, 2.75) is 40.8 Å². The molecule has 1 heterocycles. The van der Waals surface area contributed by atoms with Gasteiger partial charge in [0.2, 0.25) is 0 Å². The van der Waals surface area contributed by atoms with Gasteiger partial charge in [0.15, 0.2) is 0 Å². The summed E-state index contributed by atoms with van der Waals surface area (Å²) in [5.41, 5.74) is -0.977. The molecule has 124 valence electrons. The van der Waals surface area contributed by atoms with Crippen LogP contribution in [0.5, 0.6) is 0 Å². The van der Waals surface area contributed by atoms with Crippen molar-refractivity contribution in [3.05, 3.63) is 35.4 Å². The van der Waals surface area contributed by atoms with Crippen molar-refractivity contribution in [1.29, 1.82) is 0 Å². The van der Waals surface area contributed by atoms with Crippen LogP contribution >= 0.6 is 23.2 Å². The van der Waals surface area contributed by atoms with E-state index in [-0.39, 0.29) is 24.0 Å². The molecule has 0 radical (unpaired) electrons. The Balaban J connectivity index is 1.74. The van der Waals surface area contributed by atoms with Gasteiger partial charge in [-0.05, 0) is 24.5 Å². The molecule has 2 amide bonds. The lowest BCUT2D eigenvalue weighted by Crippen LogP contribution is -2.42. The molecule has 0 aromatic heterocycles. The van der Waals surface area contributed by atoms with E-state index in [0.717, 1.165) is 12.1 Å². The highest BCUT2D eigenvalue weighted by atomic mass is 35.5. The number of carbonyl (C=O) groups is 1. The van der Waals surface area contributed by atoms with E-state index in [1.807, 2.05) is 0 Å². The molecule has 3 fully saturated rings. The summed E-state index contributed by atoms with van der Waals surface area (Å²) in [5, 5.41) is 5.61. The lowest BCUT2D eigenvalue weighted by atomic mass is 9.78. The van der Waals surface area contributed by atoms with Crippen LogP contribution in [0.2, 0.25) is 0 Å². The van der Waals surface area contributed by atoms with E-state index in [1.165, 1.54) is 6.07 Å². The molecule has 8 heteroatoms. The Morgan fingerprint density at radius 3 is 2.57 bits per heavy atom. The second-order valence-corrected chi connectivity index (χ2v) is 7.88. The molecule has 0 spiro atoms. The normalized spacial score (nSPS) is 37.4. The zero-order chi connectivity index (χ0) is 16.6. The highest BCUT2D eigenvalue weighted by Crippen LogP contribution is 2.75. The molecule has 4 rings (SSSR count). The minimum Gasteiger partial charge on any atom is -0.333 e. The first-order valence-corrected chi connectivity index (χ1v) is 8.04. The summed E-state index contributed by atoms with van der Waals surface area (Å²) in [7, 11) is 0. The van der Waals surface area contributed by atoms with Crippen molar-refractivity contribution in [3.63, 3.8) is 0 Å². The topological polar surface area (TPSA) is 41.1 Å². The standard InChI is InChI=1S/C15H13Cl2F3N2O/c16-14(17)11-5-9-10(22-12(23)21-9)6-13(11,14)7-2-1-3-8(4-7)15(18,19)20/h1-4,9-11H,5-6H2,(H2,21,22,23)/t9-,10-,11+,13+/m0/s1. The van der Waals surface area contributed by atoms with Crippen LogP contribution in [-0.2, 0) is 11.6 Å². The molecular formula is C15H13Cl2F3N2O. The fourth-order valence-corrected chi connectivity index (χ4v) is 5.32. The predicted molar refractivity (Wildman–Crippen MR) is 79.5 cm³/mol. The quantitative estimate of drug-likeness (QED) is 0.734. The average molecular weight is 365 g/mol. The first-order valence-electron chi connectivity index (χ1n) is 7.29. The summed E-state index contributed by atoms with van der Waals surface area (Å²) >= 11 is 12.9. The number of carbonyl (C=O) groups excluding carboxylic acids is 1. The number of alkyl halides is 5. The van der Waals surface area contributed by atoms with Crippen LogP contribution < -0.4 is 10.6 Å².